The van der Waals surface area contributed by atoms with Crippen LogP contribution in [0.3, 0.4) is 0 Å². The number of rotatable bonds is 3. The van der Waals surface area contributed by atoms with Gasteiger partial charge in [0.15, 0.2) is 5.76 Å². The Morgan fingerprint density at radius 3 is 2.38 bits per heavy atom. The summed E-state index contributed by atoms with van der Waals surface area (Å²) >= 11 is 0. The van der Waals surface area contributed by atoms with Gasteiger partial charge in [0.05, 0.1) is 0 Å². The summed E-state index contributed by atoms with van der Waals surface area (Å²) < 4.78 is 55.4. The number of hydrogen-bond donors (Lipinski definition) is 0. The summed E-state index contributed by atoms with van der Waals surface area (Å²) in [6.45, 7) is 0.503. The first kappa shape index (κ1) is 18.2. The molecular weight excluding hydrogens is 354 g/mol. The van der Waals surface area contributed by atoms with Crippen LogP contribution in [0.2, 0.25) is 0 Å². The Morgan fingerprint density at radius 2 is 1.77 bits per heavy atom. The highest BCUT2D eigenvalue weighted by molar-refractivity contribution is 5.97. The molecule has 3 rings (SSSR count). The van der Waals surface area contributed by atoms with Crippen LogP contribution in [0.15, 0.2) is 40.8 Å². The van der Waals surface area contributed by atoms with E-state index < -0.39 is 29.5 Å². The first-order valence-electron chi connectivity index (χ1n) is 8.02. The van der Waals surface area contributed by atoms with Gasteiger partial charge in [0.2, 0.25) is 11.5 Å². The average Bonchev–Trinajstić information content (AvgIpc) is 3.12. The Labute approximate surface area is 146 Å². The second kappa shape index (κ2) is 6.93. The van der Waals surface area contributed by atoms with Gasteiger partial charge in [-0.25, -0.2) is 4.39 Å². The molecule has 0 spiro atoms. The van der Waals surface area contributed by atoms with Gasteiger partial charge in [-0.3, -0.25) is 9.59 Å². The van der Waals surface area contributed by atoms with Crippen molar-refractivity contribution in [2.45, 2.75) is 19.0 Å². The molecule has 8 heteroatoms. The minimum Gasteiger partial charge on any atom is -0.448 e. The van der Waals surface area contributed by atoms with Gasteiger partial charge < -0.3 is 9.32 Å². The lowest BCUT2D eigenvalue weighted by Crippen LogP contribution is -2.42. The monoisotopic (exact) mass is 369 g/mol. The van der Waals surface area contributed by atoms with Crippen LogP contribution in [0, 0.1) is 11.7 Å². The van der Waals surface area contributed by atoms with Crippen molar-refractivity contribution >= 4 is 11.7 Å². The first-order valence-corrected chi connectivity index (χ1v) is 8.02. The van der Waals surface area contributed by atoms with Crippen LogP contribution < -0.4 is 0 Å². The van der Waals surface area contributed by atoms with Crippen LogP contribution in [0.4, 0.5) is 17.6 Å². The Balaban J connectivity index is 1.71. The molecule has 1 fully saturated rings. The van der Waals surface area contributed by atoms with Gasteiger partial charge in [-0.2, -0.15) is 13.2 Å². The summed E-state index contributed by atoms with van der Waals surface area (Å²) in [5, 5.41) is 0. The van der Waals surface area contributed by atoms with E-state index >= 15 is 0 Å². The van der Waals surface area contributed by atoms with Crippen molar-refractivity contribution in [3.8, 4) is 0 Å². The lowest BCUT2D eigenvalue weighted by Gasteiger charge is -2.31. The highest BCUT2D eigenvalue weighted by Gasteiger charge is 2.37. The molecule has 0 bridgehead atoms. The molecule has 0 aliphatic carbocycles. The molecule has 0 N–H and O–H groups in total. The van der Waals surface area contributed by atoms with E-state index in [1.165, 1.54) is 29.2 Å². The maximum Gasteiger partial charge on any atom is 0.449 e. The van der Waals surface area contributed by atoms with Crippen molar-refractivity contribution in [2.24, 2.45) is 5.92 Å². The maximum absolute atomic E-state index is 13.0. The summed E-state index contributed by atoms with van der Waals surface area (Å²) in [6.07, 6.45) is -3.67. The Morgan fingerprint density at radius 1 is 1.08 bits per heavy atom. The van der Waals surface area contributed by atoms with Crippen LogP contribution in [0.5, 0.6) is 0 Å². The minimum absolute atomic E-state index is 0.0805. The second-order valence-electron chi connectivity index (χ2n) is 6.12. The zero-order valence-electron chi connectivity index (χ0n) is 13.6. The van der Waals surface area contributed by atoms with Crippen LogP contribution in [-0.4, -0.2) is 29.7 Å². The van der Waals surface area contributed by atoms with Gasteiger partial charge in [-0.1, -0.05) is 0 Å². The standard InChI is InChI=1S/C18H15F4NO3/c19-13-5-3-11(4-6-13)17(25)23-9-1-2-12(10-23)16(24)14-7-8-15(26-14)18(20,21)22/h3-8,12H,1-2,9-10H2. The third-order valence-corrected chi connectivity index (χ3v) is 4.30. The van der Waals surface area contributed by atoms with Crippen molar-refractivity contribution in [3.05, 3.63) is 59.3 Å². The molecule has 4 nitrogen and oxygen atoms in total. The molecule has 1 aliphatic heterocycles. The highest BCUT2D eigenvalue weighted by atomic mass is 19.4. The van der Waals surface area contributed by atoms with E-state index in [2.05, 4.69) is 4.42 Å². The first-order chi connectivity index (χ1) is 12.3. The quantitative estimate of drug-likeness (QED) is 0.603. The molecule has 1 atom stereocenters. The number of hydrogen-bond acceptors (Lipinski definition) is 3. The van der Waals surface area contributed by atoms with E-state index in [-0.39, 0.29) is 23.8 Å². The number of carbonyl (C=O) groups excluding carboxylic acids is 2. The average molecular weight is 369 g/mol. The molecule has 1 unspecified atom stereocenters. The van der Waals surface area contributed by atoms with Crippen LogP contribution in [-0.2, 0) is 6.18 Å². The molecule has 0 saturated carbocycles. The largest absolute Gasteiger partial charge is 0.449 e. The Bertz CT molecular complexity index is 811. The predicted molar refractivity (Wildman–Crippen MR) is 83.1 cm³/mol. The molecule has 1 saturated heterocycles. The number of nitrogens with zero attached hydrogens (tertiary/aromatic N) is 1. The summed E-state index contributed by atoms with van der Waals surface area (Å²) in [7, 11) is 0. The fraction of sp³-hybridized carbons (Fsp3) is 0.333. The lowest BCUT2D eigenvalue weighted by molar-refractivity contribution is -0.153. The zero-order chi connectivity index (χ0) is 18.9. The number of benzene rings is 1. The molecule has 26 heavy (non-hydrogen) atoms. The number of ketones is 1. The second-order valence-corrected chi connectivity index (χ2v) is 6.12. The van der Waals surface area contributed by atoms with Crippen molar-refractivity contribution < 1.29 is 31.6 Å². The van der Waals surface area contributed by atoms with E-state index in [4.69, 9.17) is 0 Å². The van der Waals surface area contributed by atoms with Gasteiger partial charge in [-0.05, 0) is 49.2 Å². The molecule has 138 valence electrons. The number of furan rings is 1. The third kappa shape index (κ3) is 3.79. The van der Waals surface area contributed by atoms with Crippen molar-refractivity contribution in [2.75, 3.05) is 13.1 Å². The third-order valence-electron chi connectivity index (χ3n) is 4.30. The minimum atomic E-state index is -4.66. The summed E-state index contributed by atoms with van der Waals surface area (Å²) in [5.41, 5.74) is 0.289. The predicted octanol–water partition coefficient (Wildman–Crippen LogP) is 4.17. The molecule has 1 amide bonds. The van der Waals surface area contributed by atoms with Crippen LogP contribution in [0.1, 0.15) is 39.5 Å². The normalized spacial score (nSPS) is 18.0. The summed E-state index contributed by atoms with van der Waals surface area (Å²) in [6, 6.07) is 6.77. The van der Waals surface area contributed by atoms with Crippen molar-refractivity contribution in [3.63, 3.8) is 0 Å². The molecule has 2 heterocycles. The van der Waals surface area contributed by atoms with E-state index in [1.54, 1.807) is 0 Å². The van der Waals surface area contributed by atoms with E-state index in [0.717, 1.165) is 12.1 Å². The number of Topliss-reactive ketones (excluding diaryl/α,β-unsaturated/α-hetero) is 1. The van der Waals surface area contributed by atoms with Gasteiger partial charge in [-0.15, -0.1) is 0 Å². The molecule has 1 aromatic carbocycles. The number of amides is 1. The van der Waals surface area contributed by atoms with Gasteiger partial charge in [0.1, 0.15) is 5.82 Å². The van der Waals surface area contributed by atoms with Gasteiger partial charge in [0, 0.05) is 24.6 Å². The number of piperidine rings is 1. The fourth-order valence-corrected chi connectivity index (χ4v) is 2.97. The lowest BCUT2D eigenvalue weighted by atomic mass is 9.92. The Kier molecular flexibility index (Phi) is 4.84. The molecule has 2 aromatic rings. The summed E-state index contributed by atoms with van der Waals surface area (Å²) in [4.78, 5) is 26.4. The summed E-state index contributed by atoms with van der Waals surface area (Å²) in [5.74, 6) is -3.60. The topological polar surface area (TPSA) is 50.5 Å². The van der Waals surface area contributed by atoms with Crippen molar-refractivity contribution in [1.29, 1.82) is 0 Å². The Hall–Kier alpha value is -2.64. The highest BCUT2D eigenvalue weighted by Crippen LogP contribution is 2.32. The SMILES string of the molecule is O=C(c1ccc(C(F)(F)F)o1)C1CCCN(C(=O)c2ccc(F)cc2)C1. The van der Waals surface area contributed by atoms with E-state index in [9.17, 15) is 27.2 Å². The molecular formula is C18H15F4NO3. The number of halogens is 4. The fourth-order valence-electron chi connectivity index (χ4n) is 2.97. The molecule has 1 aliphatic rings. The van der Waals surface area contributed by atoms with Gasteiger partial charge in [0.25, 0.3) is 5.91 Å². The molecule has 1 aromatic heterocycles. The number of likely N-dealkylation sites (tertiary alicyclic amines) is 1. The van der Waals surface area contributed by atoms with Gasteiger partial charge >= 0.3 is 6.18 Å². The van der Waals surface area contributed by atoms with Crippen LogP contribution >= 0.6 is 0 Å². The zero-order valence-corrected chi connectivity index (χ0v) is 13.6. The molecule has 0 radical (unpaired) electrons. The smallest absolute Gasteiger partial charge is 0.448 e. The number of alkyl halides is 3. The van der Waals surface area contributed by atoms with Crippen LogP contribution in [0.25, 0.3) is 0 Å². The van der Waals surface area contributed by atoms with E-state index in [1.807, 2.05) is 0 Å². The maximum atomic E-state index is 13.0. The van der Waals surface area contributed by atoms with Crippen molar-refractivity contribution in [1.82, 2.24) is 4.90 Å². The van der Waals surface area contributed by atoms with E-state index in [0.29, 0.717) is 19.4 Å². The number of carbonyl (C=O) groups is 2.